The molecule has 0 spiro atoms. The molecule has 3 N–H and O–H groups in total. The van der Waals surface area contributed by atoms with Gasteiger partial charge in [0.1, 0.15) is 31.0 Å². The molecule has 4 rings (SSSR count). The van der Waals surface area contributed by atoms with Crippen LogP contribution in [0.3, 0.4) is 0 Å². The van der Waals surface area contributed by atoms with Gasteiger partial charge in [-0.3, -0.25) is 13.9 Å². The van der Waals surface area contributed by atoms with E-state index in [1.807, 2.05) is 0 Å². The number of rotatable bonds is 5. The lowest BCUT2D eigenvalue weighted by Crippen LogP contribution is -2.55. The zero-order valence-corrected chi connectivity index (χ0v) is 17.3. The monoisotopic (exact) mass is 490 g/mol. The van der Waals surface area contributed by atoms with Crippen LogP contribution in [0, 0.1) is 0 Å². The molecule has 0 aliphatic carbocycles. The van der Waals surface area contributed by atoms with Gasteiger partial charge in [0.25, 0.3) is 10.6 Å². The summed E-state index contributed by atoms with van der Waals surface area (Å²) in [6.45, 7) is -1.05. The minimum atomic E-state index is -6.42. The number of halogens is 3. The van der Waals surface area contributed by atoms with Gasteiger partial charge in [-0.2, -0.15) is 13.2 Å². The number of ether oxygens (including phenoxy) is 1. The highest BCUT2D eigenvalue weighted by molar-refractivity contribution is 7.92. The zero-order valence-electron chi connectivity index (χ0n) is 16.5. The van der Waals surface area contributed by atoms with E-state index in [0.29, 0.717) is 11.9 Å². The fraction of sp³-hybridized carbons (Fsp3) is 0.389. The molecule has 0 radical (unpaired) electrons. The lowest BCUT2D eigenvalue weighted by Gasteiger charge is -2.33. The maximum atomic E-state index is 13.6. The molecule has 1 saturated heterocycles. The van der Waals surface area contributed by atoms with Gasteiger partial charge < -0.3 is 20.1 Å². The average molecular weight is 490 g/mol. The lowest BCUT2D eigenvalue weighted by molar-refractivity contribution is -0.107. The number of benzene rings is 1. The molecule has 0 bridgehead atoms. The van der Waals surface area contributed by atoms with Crippen LogP contribution in [0.2, 0.25) is 0 Å². The van der Waals surface area contributed by atoms with Crippen LogP contribution >= 0.6 is 0 Å². The summed E-state index contributed by atoms with van der Waals surface area (Å²) in [5.74, 6) is 0. The summed E-state index contributed by atoms with van der Waals surface area (Å²) in [4.78, 5) is 20.5. The van der Waals surface area contributed by atoms with Gasteiger partial charge in [0, 0.05) is 0 Å². The molecule has 1 aliphatic rings. The molecule has 3 heterocycles. The summed E-state index contributed by atoms with van der Waals surface area (Å²) in [5.41, 5.74) is -7.17. The highest BCUT2D eigenvalue weighted by atomic mass is 32.2. The average Bonchev–Trinajstić information content (AvgIpc) is 3.31. The molecule has 15 heteroatoms. The number of imidazole rings is 1. The third-order valence-electron chi connectivity index (χ3n) is 5.32. The number of alkyl halides is 3. The fourth-order valence-electron chi connectivity index (χ4n) is 3.69. The molecule has 1 fully saturated rings. The summed E-state index contributed by atoms with van der Waals surface area (Å²) >= 11 is 0. The predicted molar refractivity (Wildman–Crippen MR) is 104 cm³/mol. The van der Waals surface area contributed by atoms with Crippen molar-refractivity contribution in [2.45, 2.75) is 35.4 Å². The lowest BCUT2D eigenvalue weighted by atomic mass is 10.1. The third kappa shape index (κ3) is 3.34. The van der Waals surface area contributed by atoms with Gasteiger partial charge in [0.2, 0.25) is 0 Å². The summed E-state index contributed by atoms with van der Waals surface area (Å²) in [7, 11) is -6.42. The molecule has 0 unspecified atom stereocenters. The molecule has 3 aromatic rings. The van der Waals surface area contributed by atoms with E-state index in [2.05, 4.69) is 9.97 Å². The third-order valence-corrected chi connectivity index (χ3v) is 7.24. The minimum absolute atomic E-state index is 0.0475. The van der Waals surface area contributed by atoms with Gasteiger partial charge in [-0.05, 0) is 5.56 Å². The minimum Gasteiger partial charge on any atom is -0.394 e. The van der Waals surface area contributed by atoms with E-state index in [9.17, 15) is 41.7 Å². The first-order valence-electron chi connectivity index (χ1n) is 9.38. The molecular weight excluding hydrogens is 473 g/mol. The Hall–Kier alpha value is -2.85. The second-order valence-electron chi connectivity index (χ2n) is 7.30. The Morgan fingerprint density at radius 2 is 1.79 bits per heavy atom. The Labute approximate surface area is 183 Å². The molecule has 1 aromatic carbocycles. The topological polar surface area (TPSA) is 157 Å². The van der Waals surface area contributed by atoms with Gasteiger partial charge in [-0.25, -0.2) is 18.4 Å². The second-order valence-corrected chi connectivity index (χ2v) is 9.36. The van der Waals surface area contributed by atoms with E-state index in [-0.39, 0.29) is 11.1 Å². The summed E-state index contributed by atoms with van der Waals surface area (Å²) in [5, 5.41) is 26.1. The first kappa shape index (κ1) is 23.3. The number of fused-ring (bicyclic) bond motifs is 1. The largest absolute Gasteiger partial charge is 0.502 e. The van der Waals surface area contributed by atoms with Crippen molar-refractivity contribution in [3.8, 4) is 0 Å². The molecule has 0 saturated carbocycles. The second kappa shape index (κ2) is 7.88. The van der Waals surface area contributed by atoms with Crippen LogP contribution in [-0.2, 0) is 26.2 Å². The normalized spacial score (nSPS) is 26.2. The number of sulfone groups is 1. The van der Waals surface area contributed by atoms with Gasteiger partial charge >= 0.3 is 15.3 Å². The summed E-state index contributed by atoms with van der Waals surface area (Å²) < 4.78 is 72.2. The van der Waals surface area contributed by atoms with Crippen molar-refractivity contribution >= 4 is 21.0 Å². The maximum absolute atomic E-state index is 13.6. The Morgan fingerprint density at radius 1 is 1.12 bits per heavy atom. The number of aliphatic hydroxyl groups excluding tert-OH is 3. The van der Waals surface area contributed by atoms with Crippen LogP contribution < -0.4 is 5.56 Å². The van der Waals surface area contributed by atoms with Crippen molar-refractivity contribution in [2.75, 3.05) is 6.61 Å². The standard InChI is InChI=1S/C18H17F3N4O7S/c19-18(20,21)33(30,31)17(14(28)13(27)11(7-26)32-17)25-9-22-12-15(25)23-8-24(16(12)29)6-10-4-2-1-3-5-10/h1-5,8-9,11,13-14,26-28H,6-7H2/t11-,13-,14-,17+/m1/s1. The van der Waals surface area contributed by atoms with Crippen molar-refractivity contribution in [2.24, 2.45) is 0 Å². The molecule has 4 atom stereocenters. The number of hydrogen-bond acceptors (Lipinski definition) is 9. The maximum Gasteiger partial charge on any atom is 0.502 e. The van der Waals surface area contributed by atoms with Gasteiger partial charge in [0.05, 0.1) is 13.2 Å². The van der Waals surface area contributed by atoms with Crippen molar-refractivity contribution in [3.05, 3.63) is 58.9 Å². The fourth-order valence-corrected chi connectivity index (χ4v) is 5.12. The smallest absolute Gasteiger partial charge is 0.394 e. The number of nitrogens with zero attached hydrogens (tertiary/aromatic N) is 4. The first-order valence-corrected chi connectivity index (χ1v) is 10.9. The Morgan fingerprint density at radius 3 is 2.36 bits per heavy atom. The van der Waals surface area contributed by atoms with Gasteiger partial charge in [-0.1, -0.05) is 30.3 Å². The highest BCUT2D eigenvalue weighted by Gasteiger charge is 2.72. The first-order chi connectivity index (χ1) is 15.5. The molecule has 33 heavy (non-hydrogen) atoms. The Kier molecular flexibility index (Phi) is 5.57. The summed E-state index contributed by atoms with van der Waals surface area (Å²) in [6.07, 6.45) is -5.26. The SMILES string of the molecule is O=c1c2ncn([C@]3(S(=O)(=O)C(F)(F)F)O[C@H](CO)[C@@H](O)[C@H]3O)c2ncn1Cc1ccccc1. The molecule has 11 nitrogen and oxygen atoms in total. The van der Waals surface area contributed by atoms with Crippen LogP contribution in [0.25, 0.3) is 11.2 Å². The van der Waals surface area contributed by atoms with Crippen LogP contribution in [0.1, 0.15) is 5.56 Å². The molecule has 178 valence electrons. The molecule has 1 aliphatic heterocycles. The van der Waals surface area contributed by atoms with Crippen molar-refractivity contribution in [1.29, 1.82) is 0 Å². The van der Waals surface area contributed by atoms with Crippen molar-refractivity contribution in [3.63, 3.8) is 0 Å². The zero-order chi connectivity index (χ0) is 24.2. The van der Waals surface area contributed by atoms with E-state index >= 15 is 0 Å². The van der Waals surface area contributed by atoms with Crippen LogP contribution in [0.5, 0.6) is 0 Å². The van der Waals surface area contributed by atoms with E-state index in [4.69, 9.17) is 4.74 Å². The van der Waals surface area contributed by atoms with E-state index in [1.54, 1.807) is 30.3 Å². The highest BCUT2D eigenvalue weighted by Crippen LogP contribution is 2.47. The number of hydrogen-bond donors (Lipinski definition) is 3. The van der Waals surface area contributed by atoms with Crippen LogP contribution in [0.15, 0.2) is 47.8 Å². The van der Waals surface area contributed by atoms with Gasteiger partial charge in [-0.15, -0.1) is 0 Å². The van der Waals surface area contributed by atoms with E-state index in [0.717, 1.165) is 10.9 Å². The quantitative estimate of drug-likeness (QED) is 0.421. The van der Waals surface area contributed by atoms with Crippen LogP contribution in [0.4, 0.5) is 13.2 Å². The Bertz CT molecular complexity index is 1340. The van der Waals surface area contributed by atoms with Crippen LogP contribution in [-0.4, -0.2) is 73.3 Å². The van der Waals surface area contributed by atoms with Crippen molar-refractivity contribution < 1.29 is 41.6 Å². The summed E-state index contributed by atoms with van der Waals surface area (Å²) in [6, 6.07) is 8.67. The molecule has 2 aromatic heterocycles. The number of aromatic nitrogens is 4. The number of aliphatic hydroxyl groups is 3. The van der Waals surface area contributed by atoms with E-state index < -0.39 is 62.0 Å². The predicted octanol–water partition coefficient (Wildman–Crippen LogP) is -0.701. The van der Waals surface area contributed by atoms with E-state index in [1.165, 1.54) is 0 Å². The van der Waals surface area contributed by atoms with Crippen molar-refractivity contribution in [1.82, 2.24) is 19.1 Å². The van der Waals surface area contributed by atoms with Gasteiger partial charge in [0.15, 0.2) is 11.2 Å². The molecule has 0 amide bonds. The Balaban J connectivity index is 1.93. The molecular formula is C18H17F3N4O7S.